The molecule has 0 bridgehead atoms. The second-order valence-corrected chi connectivity index (χ2v) is 7.13. The summed E-state index contributed by atoms with van der Waals surface area (Å²) in [5, 5.41) is 3.29. The summed E-state index contributed by atoms with van der Waals surface area (Å²) in [6.07, 6.45) is 0. The molecule has 0 aliphatic heterocycles. The first-order valence-electron chi connectivity index (χ1n) is 9.68. The van der Waals surface area contributed by atoms with Gasteiger partial charge >= 0.3 is 0 Å². The van der Waals surface area contributed by atoms with E-state index >= 15 is 0 Å². The molecule has 0 amide bonds. The Hall–Kier alpha value is -0.280. The van der Waals surface area contributed by atoms with Gasteiger partial charge < -0.3 is 33.7 Å². The van der Waals surface area contributed by atoms with Gasteiger partial charge in [-0.15, -0.1) is 0 Å². The first-order valence-corrected chi connectivity index (χ1v) is 9.68. The lowest BCUT2D eigenvalue weighted by Gasteiger charge is -2.19. The van der Waals surface area contributed by atoms with Crippen molar-refractivity contribution in [1.29, 1.82) is 0 Å². The average molecular weight is 380 g/mol. The van der Waals surface area contributed by atoms with E-state index in [-0.39, 0.29) is 5.60 Å². The van der Waals surface area contributed by atoms with Crippen molar-refractivity contribution in [2.24, 2.45) is 0 Å². The molecule has 0 fully saturated rings. The van der Waals surface area contributed by atoms with Gasteiger partial charge in [-0.2, -0.15) is 0 Å². The lowest BCUT2D eigenvalue weighted by molar-refractivity contribution is -0.0464. The van der Waals surface area contributed by atoms with Crippen LogP contribution in [-0.4, -0.2) is 90.9 Å². The van der Waals surface area contributed by atoms with Gasteiger partial charge in [0, 0.05) is 12.6 Å². The normalized spacial score (nSPS) is 12.2. The minimum absolute atomic E-state index is 0.112. The van der Waals surface area contributed by atoms with Crippen LogP contribution in [-0.2, 0) is 28.4 Å². The maximum Gasteiger partial charge on any atom is 0.0707 e. The molecule has 0 spiro atoms. The van der Waals surface area contributed by atoms with E-state index in [2.05, 4.69) is 19.2 Å². The third kappa shape index (κ3) is 23.7. The molecular formula is C19H41NO6. The molecule has 0 aliphatic rings. The Morgan fingerprint density at radius 1 is 0.577 bits per heavy atom. The zero-order chi connectivity index (χ0) is 19.5. The molecular weight excluding hydrogens is 338 g/mol. The van der Waals surface area contributed by atoms with Crippen LogP contribution in [0, 0.1) is 0 Å². The van der Waals surface area contributed by atoms with Gasteiger partial charge in [0.1, 0.15) is 0 Å². The molecule has 1 N–H and O–H groups in total. The summed E-state index contributed by atoms with van der Waals surface area (Å²) in [5.41, 5.74) is -0.112. The first kappa shape index (κ1) is 25.7. The highest BCUT2D eigenvalue weighted by Crippen LogP contribution is 2.05. The Labute approximate surface area is 160 Å². The monoisotopic (exact) mass is 379 g/mol. The Balaban J connectivity index is 3.03. The standard InChI is InChI=1S/C19H41NO6/c1-18(2)20-6-7-21-8-9-22-10-11-23-12-13-24-14-15-25-16-17-26-19(3,4)5/h18,20H,6-17H2,1-5H3. The number of nitrogens with one attached hydrogen (secondary N) is 1. The smallest absolute Gasteiger partial charge is 0.0707 e. The summed E-state index contributed by atoms with van der Waals surface area (Å²) in [6, 6.07) is 0.497. The number of hydrogen-bond acceptors (Lipinski definition) is 7. The molecule has 0 aromatic carbocycles. The highest BCUT2D eigenvalue weighted by atomic mass is 16.6. The van der Waals surface area contributed by atoms with Crippen LogP contribution in [0.1, 0.15) is 34.6 Å². The van der Waals surface area contributed by atoms with E-state index < -0.39 is 0 Å². The largest absolute Gasteiger partial charge is 0.378 e. The molecule has 0 aromatic rings. The van der Waals surface area contributed by atoms with Crippen LogP contribution in [0.4, 0.5) is 0 Å². The fourth-order valence-electron chi connectivity index (χ4n) is 1.81. The average Bonchev–Trinajstić information content (AvgIpc) is 2.55. The summed E-state index contributed by atoms with van der Waals surface area (Å²) in [5.74, 6) is 0. The fraction of sp³-hybridized carbons (Fsp3) is 1.00. The second kappa shape index (κ2) is 18.1. The number of hydrogen-bond donors (Lipinski definition) is 1. The molecule has 158 valence electrons. The molecule has 0 aliphatic carbocycles. The van der Waals surface area contributed by atoms with Gasteiger partial charge in [0.25, 0.3) is 0 Å². The van der Waals surface area contributed by atoms with Gasteiger partial charge in [-0.1, -0.05) is 13.8 Å². The van der Waals surface area contributed by atoms with E-state index in [1.807, 2.05) is 20.8 Å². The van der Waals surface area contributed by atoms with Crippen molar-refractivity contribution in [1.82, 2.24) is 5.32 Å². The van der Waals surface area contributed by atoms with Crippen molar-refractivity contribution < 1.29 is 28.4 Å². The molecule has 0 unspecified atom stereocenters. The minimum Gasteiger partial charge on any atom is -0.378 e. The fourth-order valence-corrected chi connectivity index (χ4v) is 1.81. The molecule has 0 radical (unpaired) electrons. The van der Waals surface area contributed by atoms with Crippen LogP contribution < -0.4 is 5.32 Å². The van der Waals surface area contributed by atoms with Gasteiger partial charge in [-0.25, -0.2) is 0 Å². The van der Waals surface area contributed by atoms with Crippen molar-refractivity contribution in [3.63, 3.8) is 0 Å². The highest BCUT2D eigenvalue weighted by Gasteiger charge is 2.08. The summed E-state index contributed by atoms with van der Waals surface area (Å²) in [7, 11) is 0. The van der Waals surface area contributed by atoms with E-state index in [0.29, 0.717) is 78.7 Å². The highest BCUT2D eigenvalue weighted by molar-refractivity contribution is 4.57. The van der Waals surface area contributed by atoms with Gasteiger partial charge in [0.2, 0.25) is 0 Å². The van der Waals surface area contributed by atoms with Crippen molar-refractivity contribution in [2.75, 3.05) is 79.2 Å². The lowest BCUT2D eigenvalue weighted by Crippen LogP contribution is -2.27. The number of ether oxygens (including phenoxy) is 6. The van der Waals surface area contributed by atoms with Crippen molar-refractivity contribution in [3.05, 3.63) is 0 Å². The predicted octanol–water partition coefficient (Wildman–Crippen LogP) is 1.88. The Bertz CT molecular complexity index is 284. The number of rotatable bonds is 19. The van der Waals surface area contributed by atoms with E-state index in [9.17, 15) is 0 Å². The van der Waals surface area contributed by atoms with E-state index in [0.717, 1.165) is 6.54 Å². The molecule has 0 saturated carbocycles. The molecule has 7 nitrogen and oxygen atoms in total. The van der Waals surface area contributed by atoms with Crippen LogP contribution in [0.5, 0.6) is 0 Å². The van der Waals surface area contributed by atoms with Crippen LogP contribution in [0.2, 0.25) is 0 Å². The van der Waals surface area contributed by atoms with Crippen LogP contribution >= 0.6 is 0 Å². The summed E-state index contributed by atoms with van der Waals surface area (Å²) in [6.45, 7) is 17.7. The summed E-state index contributed by atoms with van der Waals surface area (Å²) in [4.78, 5) is 0. The van der Waals surface area contributed by atoms with Crippen molar-refractivity contribution in [3.8, 4) is 0 Å². The first-order chi connectivity index (χ1) is 12.4. The topological polar surface area (TPSA) is 67.4 Å². The molecule has 0 saturated heterocycles. The molecule has 0 atom stereocenters. The lowest BCUT2D eigenvalue weighted by atomic mass is 10.2. The van der Waals surface area contributed by atoms with Crippen LogP contribution in [0.25, 0.3) is 0 Å². The van der Waals surface area contributed by atoms with Crippen molar-refractivity contribution >= 4 is 0 Å². The van der Waals surface area contributed by atoms with Gasteiger partial charge in [0.05, 0.1) is 78.3 Å². The van der Waals surface area contributed by atoms with Gasteiger partial charge in [-0.05, 0) is 20.8 Å². The van der Waals surface area contributed by atoms with E-state index in [1.54, 1.807) is 0 Å². The van der Waals surface area contributed by atoms with Crippen molar-refractivity contribution in [2.45, 2.75) is 46.3 Å². The Morgan fingerprint density at radius 3 is 1.27 bits per heavy atom. The van der Waals surface area contributed by atoms with Gasteiger partial charge in [0.15, 0.2) is 0 Å². The zero-order valence-electron chi connectivity index (χ0n) is 17.5. The maximum absolute atomic E-state index is 5.55. The van der Waals surface area contributed by atoms with Crippen LogP contribution in [0.15, 0.2) is 0 Å². The maximum atomic E-state index is 5.55. The predicted molar refractivity (Wildman–Crippen MR) is 103 cm³/mol. The summed E-state index contributed by atoms with van der Waals surface area (Å²) < 4.78 is 32.7. The van der Waals surface area contributed by atoms with E-state index in [4.69, 9.17) is 28.4 Å². The molecule has 26 heavy (non-hydrogen) atoms. The zero-order valence-corrected chi connectivity index (χ0v) is 17.5. The summed E-state index contributed by atoms with van der Waals surface area (Å²) >= 11 is 0. The minimum atomic E-state index is -0.112. The molecule has 0 aromatic heterocycles. The quantitative estimate of drug-likeness (QED) is 0.344. The third-order valence-electron chi connectivity index (χ3n) is 3.05. The molecule has 0 heterocycles. The second-order valence-electron chi connectivity index (χ2n) is 7.13. The van der Waals surface area contributed by atoms with E-state index in [1.165, 1.54) is 0 Å². The molecule has 0 rings (SSSR count). The van der Waals surface area contributed by atoms with Crippen LogP contribution in [0.3, 0.4) is 0 Å². The SMILES string of the molecule is CC(C)NCCOCCOCCOCCOCCOCCOC(C)(C)C. The third-order valence-corrected chi connectivity index (χ3v) is 3.05. The Kier molecular flexibility index (Phi) is 17.9. The van der Waals surface area contributed by atoms with Gasteiger partial charge in [-0.3, -0.25) is 0 Å². The Morgan fingerprint density at radius 2 is 0.923 bits per heavy atom. The molecule has 7 heteroatoms.